The highest BCUT2D eigenvalue weighted by molar-refractivity contribution is 5.80. The van der Waals surface area contributed by atoms with Gasteiger partial charge in [0.15, 0.2) is 11.7 Å². The lowest BCUT2D eigenvalue weighted by Crippen LogP contribution is -2.40. The SMILES string of the molecule is CCN(CC)CC1CCN(C(=NC)NCc2ncc(-c3ccc(C)cc3)o2)C1. The van der Waals surface area contributed by atoms with E-state index < -0.39 is 0 Å². The van der Waals surface area contributed by atoms with E-state index in [0.717, 1.165) is 43.5 Å². The molecule has 1 unspecified atom stereocenters. The molecule has 0 amide bonds. The second kappa shape index (κ2) is 9.73. The minimum Gasteiger partial charge on any atom is -0.439 e. The Morgan fingerprint density at radius 1 is 1.29 bits per heavy atom. The molecule has 0 spiro atoms. The Morgan fingerprint density at radius 2 is 2.04 bits per heavy atom. The number of hydrogen-bond donors (Lipinski definition) is 1. The smallest absolute Gasteiger partial charge is 0.214 e. The fourth-order valence-corrected chi connectivity index (χ4v) is 3.75. The molecule has 0 bridgehead atoms. The highest BCUT2D eigenvalue weighted by Crippen LogP contribution is 2.21. The number of aliphatic imine (C=N–C) groups is 1. The molecule has 2 aromatic rings. The first kappa shape index (κ1) is 20.4. The van der Waals surface area contributed by atoms with Gasteiger partial charge in [0.2, 0.25) is 5.89 Å². The van der Waals surface area contributed by atoms with Crippen LogP contribution in [0.5, 0.6) is 0 Å². The molecular formula is C22H33N5O. The normalized spacial score (nSPS) is 17.5. The minimum absolute atomic E-state index is 0.537. The van der Waals surface area contributed by atoms with E-state index >= 15 is 0 Å². The molecule has 0 aliphatic carbocycles. The summed E-state index contributed by atoms with van der Waals surface area (Å²) in [5.74, 6) is 3.10. The number of nitrogens with one attached hydrogen (secondary N) is 1. The molecule has 28 heavy (non-hydrogen) atoms. The molecule has 1 aromatic heterocycles. The highest BCUT2D eigenvalue weighted by Gasteiger charge is 2.26. The lowest BCUT2D eigenvalue weighted by Gasteiger charge is -2.24. The van der Waals surface area contributed by atoms with Crippen LogP contribution in [0.3, 0.4) is 0 Å². The van der Waals surface area contributed by atoms with E-state index in [9.17, 15) is 0 Å². The summed E-state index contributed by atoms with van der Waals surface area (Å²) in [5, 5.41) is 3.41. The summed E-state index contributed by atoms with van der Waals surface area (Å²) in [6, 6.07) is 8.29. The van der Waals surface area contributed by atoms with E-state index in [1.54, 1.807) is 6.20 Å². The Labute approximate surface area is 168 Å². The van der Waals surface area contributed by atoms with Crippen molar-refractivity contribution >= 4 is 5.96 Å². The van der Waals surface area contributed by atoms with Gasteiger partial charge >= 0.3 is 0 Å². The summed E-state index contributed by atoms with van der Waals surface area (Å²) in [5.41, 5.74) is 2.28. The maximum Gasteiger partial charge on any atom is 0.214 e. The van der Waals surface area contributed by atoms with Gasteiger partial charge < -0.3 is 19.5 Å². The number of aromatic nitrogens is 1. The molecule has 2 heterocycles. The largest absolute Gasteiger partial charge is 0.439 e. The van der Waals surface area contributed by atoms with Crippen molar-refractivity contribution in [3.05, 3.63) is 41.9 Å². The van der Waals surface area contributed by atoms with Crippen molar-refractivity contribution in [2.45, 2.75) is 33.7 Å². The zero-order chi connectivity index (χ0) is 19.9. The summed E-state index contributed by atoms with van der Waals surface area (Å²) in [6.07, 6.45) is 3.01. The molecule has 1 N–H and O–H groups in total. The average molecular weight is 384 g/mol. The van der Waals surface area contributed by atoms with Crippen molar-refractivity contribution in [3.63, 3.8) is 0 Å². The number of guanidine groups is 1. The number of aryl methyl sites for hydroxylation is 1. The molecule has 0 saturated carbocycles. The summed E-state index contributed by atoms with van der Waals surface area (Å²) >= 11 is 0. The second-order valence-corrected chi connectivity index (χ2v) is 7.47. The fraction of sp³-hybridized carbons (Fsp3) is 0.545. The molecule has 1 atom stereocenters. The van der Waals surface area contributed by atoms with E-state index in [1.165, 1.54) is 18.5 Å². The second-order valence-electron chi connectivity index (χ2n) is 7.47. The third kappa shape index (κ3) is 5.13. The van der Waals surface area contributed by atoms with Crippen molar-refractivity contribution in [1.82, 2.24) is 20.1 Å². The van der Waals surface area contributed by atoms with Crippen molar-refractivity contribution < 1.29 is 4.42 Å². The van der Waals surface area contributed by atoms with Crippen molar-refractivity contribution in [3.8, 4) is 11.3 Å². The van der Waals surface area contributed by atoms with Crippen LogP contribution in [0.25, 0.3) is 11.3 Å². The Morgan fingerprint density at radius 3 is 2.71 bits per heavy atom. The van der Waals surface area contributed by atoms with E-state index in [-0.39, 0.29) is 0 Å². The minimum atomic E-state index is 0.537. The lowest BCUT2D eigenvalue weighted by atomic mass is 10.1. The van der Waals surface area contributed by atoms with Gasteiger partial charge in [0.1, 0.15) is 0 Å². The van der Waals surface area contributed by atoms with Crippen LogP contribution < -0.4 is 5.32 Å². The molecule has 6 heteroatoms. The number of benzene rings is 1. The quantitative estimate of drug-likeness (QED) is 0.587. The van der Waals surface area contributed by atoms with Gasteiger partial charge in [0, 0.05) is 32.2 Å². The molecule has 6 nitrogen and oxygen atoms in total. The van der Waals surface area contributed by atoms with Crippen LogP contribution in [0.1, 0.15) is 31.7 Å². The first-order valence-corrected chi connectivity index (χ1v) is 10.3. The summed E-state index contributed by atoms with van der Waals surface area (Å²) in [7, 11) is 1.84. The lowest BCUT2D eigenvalue weighted by molar-refractivity contribution is 0.255. The van der Waals surface area contributed by atoms with Crippen molar-refractivity contribution in [2.24, 2.45) is 10.9 Å². The Bertz CT molecular complexity index is 763. The topological polar surface area (TPSA) is 56.9 Å². The predicted octanol–water partition coefficient (Wildman–Crippen LogP) is 3.39. The van der Waals surface area contributed by atoms with Crippen molar-refractivity contribution in [2.75, 3.05) is 39.8 Å². The third-order valence-electron chi connectivity index (χ3n) is 5.50. The number of likely N-dealkylation sites (tertiary alicyclic amines) is 1. The zero-order valence-electron chi connectivity index (χ0n) is 17.6. The average Bonchev–Trinajstić information content (AvgIpc) is 3.37. The Balaban J connectivity index is 1.53. The van der Waals surface area contributed by atoms with Gasteiger partial charge in [0.05, 0.1) is 12.7 Å². The zero-order valence-corrected chi connectivity index (χ0v) is 17.6. The van der Waals surface area contributed by atoms with Gasteiger partial charge in [-0.3, -0.25) is 4.99 Å². The fourth-order valence-electron chi connectivity index (χ4n) is 3.75. The van der Waals surface area contributed by atoms with Crippen LogP contribution in [-0.4, -0.2) is 60.5 Å². The monoisotopic (exact) mass is 383 g/mol. The summed E-state index contributed by atoms with van der Waals surface area (Å²) in [4.78, 5) is 13.7. The molecule has 152 valence electrons. The van der Waals surface area contributed by atoms with Gasteiger partial charge in [-0.25, -0.2) is 4.98 Å². The van der Waals surface area contributed by atoms with Crippen LogP contribution in [-0.2, 0) is 6.54 Å². The van der Waals surface area contributed by atoms with E-state index in [0.29, 0.717) is 18.4 Å². The van der Waals surface area contributed by atoms with Crippen LogP contribution in [0.15, 0.2) is 39.9 Å². The maximum absolute atomic E-state index is 5.92. The van der Waals surface area contributed by atoms with E-state index in [2.05, 4.69) is 70.1 Å². The Hall–Kier alpha value is -2.34. The van der Waals surface area contributed by atoms with E-state index in [1.807, 2.05) is 7.05 Å². The van der Waals surface area contributed by atoms with Gasteiger partial charge in [-0.1, -0.05) is 43.7 Å². The van der Waals surface area contributed by atoms with Crippen LogP contribution in [0.4, 0.5) is 0 Å². The van der Waals surface area contributed by atoms with Crippen molar-refractivity contribution in [1.29, 1.82) is 0 Å². The molecular weight excluding hydrogens is 350 g/mol. The molecule has 0 radical (unpaired) electrons. The summed E-state index contributed by atoms with van der Waals surface area (Å²) < 4.78 is 5.92. The van der Waals surface area contributed by atoms with Crippen LogP contribution in [0, 0.1) is 12.8 Å². The Kier molecular flexibility index (Phi) is 7.09. The van der Waals surface area contributed by atoms with Gasteiger partial charge in [-0.2, -0.15) is 0 Å². The van der Waals surface area contributed by atoms with Crippen LogP contribution in [0.2, 0.25) is 0 Å². The maximum atomic E-state index is 5.92. The van der Waals surface area contributed by atoms with Gasteiger partial charge in [-0.05, 0) is 32.4 Å². The highest BCUT2D eigenvalue weighted by atomic mass is 16.4. The molecule has 1 saturated heterocycles. The third-order valence-corrected chi connectivity index (χ3v) is 5.50. The predicted molar refractivity (Wildman–Crippen MR) is 114 cm³/mol. The molecule has 1 aliphatic heterocycles. The molecule has 1 aromatic carbocycles. The first-order chi connectivity index (χ1) is 13.6. The molecule has 3 rings (SSSR count). The molecule has 1 fully saturated rings. The number of oxazole rings is 1. The first-order valence-electron chi connectivity index (χ1n) is 10.3. The standard InChI is InChI=1S/C22H33N5O/c1-5-26(6-2)15-18-11-12-27(16-18)22(23-4)25-14-21-24-13-20(28-21)19-9-7-17(3)8-10-19/h7-10,13,18H,5-6,11-12,14-16H2,1-4H3,(H,23,25). The van der Waals surface area contributed by atoms with Crippen LogP contribution >= 0.6 is 0 Å². The number of nitrogens with zero attached hydrogens (tertiary/aromatic N) is 4. The summed E-state index contributed by atoms with van der Waals surface area (Å²) in [6.45, 7) is 12.6. The van der Waals surface area contributed by atoms with Gasteiger partial charge in [0.25, 0.3) is 0 Å². The van der Waals surface area contributed by atoms with E-state index in [4.69, 9.17) is 4.42 Å². The number of hydrogen-bond acceptors (Lipinski definition) is 4. The number of rotatable bonds is 7. The van der Waals surface area contributed by atoms with Gasteiger partial charge in [-0.15, -0.1) is 0 Å². The molecule has 1 aliphatic rings.